The predicted octanol–water partition coefficient (Wildman–Crippen LogP) is 6.44. The number of fused-ring (bicyclic) bond motifs is 1. The van der Waals surface area contributed by atoms with Crippen LogP contribution in [0.2, 0.25) is 0 Å². The maximum absolute atomic E-state index is 13.7. The van der Waals surface area contributed by atoms with Crippen LogP contribution < -0.4 is 9.47 Å². The molecule has 14 heteroatoms. The lowest BCUT2D eigenvalue weighted by atomic mass is 9.99. The molecule has 8 nitrogen and oxygen atoms in total. The number of hydrogen-bond acceptors (Lipinski definition) is 6. The van der Waals surface area contributed by atoms with Crippen LogP contribution in [-0.2, 0) is 16.0 Å². The van der Waals surface area contributed by atoms with Crippen molar-refractivity contribution in [2.75, 3.05) is 6.26 Å². The molecule has 5 aromatic rings. The number of imidazole rings is 1. The van der Waals surface area contributed by atoms with Crippen LogP contribution in [0.1, 0.15) is 11.4 Å². The Morgan fingerprint density at radius 2 is 1.64 bits per heavy atom. The number of halogens is 5. The lowest BCUT2D eigenvalue weighted by Crippen LogP contribution is -2.25. The summed E-state index contributed by atoms with van der Waals surface area (Å²) in [5, 5.41) is 4.50. The molecule has 0 N–H and O–H groups in total. The second kappa shape index (κ2) is 9.41. The fraction of sp³-hybridized carbons (Fsp3) is 0.143. The largest absolute Gasteiger partial charge is 0.586 e. The van der Waals surface area contributed by atoms with E-state index >= 15 is 0 Å². The van der Waals surface area contributed by atoms with Crippen LogP contribution >= 0.6 is 0 Å². The van der Waals surface area contributed by atoms with E-state index in [2.05, 4.69) is 19.6 Å². The van der Waals surface area contributed by atoms with Gasteiger partial charge in [0.2, 0.25) is 0 Å². The van der Waals surface area contributed by atoms with Gasteiger partial charge in [-0.3, -0.25) is 0 Å². The van der Waals surface area contributed by atoms with Crippen molar-refractivity contribution in [2.45, 2.75) is 24.3 Å². The van der Waals surface area contributed by atoms with Crippen molar-refractivity contribution >= 4 is 9.84 Å². The molecule has 216 valence electrons. The molecule has 0 bridgehead atoms. The number of alkyl halides is 5. The zero-order chi connectivity index (χ0) is 30.0. The van der Waals surface area contributed by atoms with Crippen LogP contribution in [0.25, 0.3) is 33.8 Å². The smallest absolute Gasteiger partial charge is 0.395 e. The number of aromatic nitrogens is 4. The first kappa shape index (κ1) is 27.4. The van der Waals surface area contributed by atoms with E-state index in [4.69, 9.17) is 0 Å². The summed E-state index contributed by atoms with van der Waals surface area (Å²) in [5.74, 6) is -0.381. The third-order valence-corrected chi connectivity index (χ3v) is 7.59. The Bertz CT molecular complexity index is 1970. The van der Waals surface area contributed by atoms with Crippen LogP contribution in [0.3, 0.4) is 0 Å². The van der Waals surface area contributed by atoms with E-state index in [0.717, 1.165) is 18.8 Å². The Kier molecular flexibility index (Phi) is 6.15. The SMILES string of the molecule is Cc1cc(-c2cc(-c3cccc(S(C)(=O)=O)c3)ccc2-n2cnc(C(F)(F)F)c2)n(-c2ccc3c(c2)OC(F)(F)O3)n1. The summed E-state index contributed by atoms with van der Waals surface area (Å²) in [6.07, 6.45) is -5.55. The molecule has 0 aliphatic carbocycles. The Morgan fingerprint density at radius 1 is 0.905 bits per heavy atom. The second-order valence-electron chi connectivity index (χ2n) is 9.58. The number of sulfone groups is 1. The Labute approximate surface area is 235 Å². The zero-order valence-electron chi connectivity index (χ0n) is 21.7. The first-order valence-electron chi connectivity index (χ1n) is 12.2. The van der Waals surface area contributed by atoms with Gasteiger partial charge in [-0.05, 0) is 60.5 Å². The van der Waals surface area contributed by atoms with Crippen LogP contribution in [-0.4, -0.2) is 40.3 Å². The van der Waals surface area contributed by atoms with Crippen LogP contribution in [0.15, 0.2) is 84.1 Å². The van der Waals surface area contributed by atoms with Crippen molar-refractivity contribution in [3.05, 3.63) is 90.6 Å². The molecule has 0 saturated heterocycles. The molecular formula is C28H19F5N4O4S. The number of nitrogens with zero attached hydrogens (tertiary/aromatic N) is 4. The van der Waals surface area contributed by atoms with Gasteiger partial charge >= 0.3 is 12.5 Å². The molecule has 1 aliphatic heterocycles. The van der Waals surface area contributed by atoms with Gasteiger partial charge in [-0.25, -0.2) is 18.1 Å². The minimum atomic E-state index is -4.68. The van der Waals surface area contributed by atoms with Gasteiger partial charge in [0, 0.05) is 24.1 Å². The van der Waals surface area contributed by atoms with Crippen molar-refractivity contribution in [3.8, 4) is 45.3 Å². The molecule has 42 heavy (non-hydrogen) atoms. The average molecular weight is 603 g/mol. The molecule has 0 atom stereocenters. The van der Waals surface area contributed by atoms with Gasteiger partial charge in [0.25, 0.3) is 0 Å². The Balaban J connectivity index is 1.55. The highest BCUT2D eigenvalue weighted by molar-refractivity contribution is 7.90. The summed E-state index contributed by atoms with van der Waals surface area (Å²) in [7, 11) is -3.52. The standard InChI is InChI=1S/C28H19F5N4O4S/c1-16-10-23(37(35-16)19-7-9-24-25(13-19)41-28(32,33)40-24)21-12-18(17-4-3-5-20(11-17)42(2,38)39)6-8-22(21)36-14-26(34-15-36)27(29,30)31/h3-15H,1-2H3. The summed E-state index contributed by atoms with van der Waals surface area (Å²) in [4.78, 5) is 3.59. The van der Waals surface area contributed by atoms with Crippen molar-refractivity contribution < 1.29 is 39.8 Å². The molecule has 0 amide bonds. The number of hydrogen-bond donors (Lipinski definition) is 0. The van der Waals surface area contributed by atoms with Gasteiger partial charge in [0.15, 0.2) is 27.0 Å². The normalized spacial score (nSPS) is 14.4. The fourth-order valence-electron chi connectivity index (χ4n) is 4.61. The van der Waals surface area contributed by atoms with Gasteiger partial charge in [0.05, 0.1) is 34.0 Å². The van der Waals surface area contributed by atoms with E-state index < -0.39 is 28.0 Å². The second-order valence-corrected chi connectivity index (χ2v) is 11.6. The summed E-state index contributed by atoms with van der Waals surface area (Å²) in [6, 6.07) is 16.9. The van der Waals surface area contributed by atoms with Gasteiger partial charge in [-0.2, -0.15) is 18.3 Å². The van der Waals surface area contributed by atoms with E-state index in [1.165, 1.54) is 39.6 Å². The van der Waals surface area contributed by atoms with E-state index in [1.807, 2.05) is 0 Å². The number of ether oxygens (including phenoxy) is 2. The minimum Gasteiger partial charge on any atom is -0.395 e. The topological polar surface area (TPSA) is 88.2 Å². The van der Waals surface area contributed by atoms with Crippen molar-refractivity contribution in [1.29, 1.82) is 0 Å². The Morgan fingerprint density at radius 3 is 2.36 bits per heavy atom. The monoisotopic (exact) mass is 602 g/mol. The van der Waals surface area contributed by atoms with Crippen molar-refractivity contribution in [3.63, 3.8) is 0 Å². The summed E-state index contributed by atoms with van der Waals surface area (Å²) in [5.41, 5.74) is 1.93. The molecule has 0 unspecified atom stereocenters. The van der Waals surface area contributed by atoms with E-state index in [-0.39, 0.29) is 16.4 Å². The molecule has 0 saturated carbocycles. The fourth-order valence-corrected chi connectivity index (χ4v) is 5.28. The third-order valence-electron chi connectivity index (χ3n) is 6.48. The van der Waals surface area contributed by atoms with E-state index in [1.54, 1.807) is 43.3 Å². The number of benzene rings is 3. The third kappa shape index (κ3) is 5.09. The molecule has 1 aliphatic rings. The molecule has 0 fully saturated rings. The maximum atomic E-state index is 13.7. The van der Waals surface area contributed by atoms with E-state index in [0.29, 0.717) is 39.5 Å². The lowest BCUT2D eigenvalue weighted by Gasteiger charge is -2.15. The quantitative estimate of drug-likeness (QED) is 0.215. The summed E-state index contributed by atoms with van der Waals surface area (Å²) >= 11 is 0. The van der Waals surface area contributed by atoms with Crippen molar-refractivity contribution in [1.82, 2.24) is 19.3 Å². The first-order valence-corrected chi connectivity index (χ1v) is 14.1. The highest BCUT2D eigenvalue weighted by atomic mass is 32.2. The molecule has 0 spiro atoms. The van der Waals surface area contributed by atoms with Crippen LogP contribution in [0.5, 0.6) is 11.5 Å². The lowest BCUT2D eigenvalue weighted by molar-refractivity contribution is -0.286. The van der Waals surface area contributed by atoms with Gasteiger partial charge in [0.1, 0.15) is 0 Å². The molecular weight excluding hydrogens is 583 g/mol. The highest BCUT2D eigenvalue weighted by Crippen LogP contribution is 2.43. The van der Waals surface area contributed by atoms with E-state index in [9.17, 15) is 30.4 Å². The number of rotatable bonds is 5. The van der Waals surface area contributed by atoms with Crippen molar-refractivity contribution in [2.24, 2.45) is 0 Å². The molecule has 2 aromatic heterocycles. The first-order chi connectivity index (χ1) is 19.7. The molecule has 0 radical (unpaired) electrons. The highest BCUT2D eigenvalue weighted by Gasteiger charge is 2.43. The zero-order valence-corrected chi connectivity index (χ0v) is 22.5. The molecule has 6 rings (SSSR count). The Hall–Kier alpha value is -4.72. The molecule has 3 heterocycles. The predicted molar refractivity (Wildman–Crippen MR) is 141 cm³/mol. The van der Waals surface area contributed by atoms with Crippen LogP contribution in [0, 0.1) is 6.92 Å². The van der Waals surface area contributed by atoms with Gasteiger partial charge in [-0.15, -0.1) is 8.78 Å². The van der Waals surface area contributed by atoms with Gasteiger partial charge < -0.3 is 14.0 Å². The van der Waals surface area contributed by atoms with Gasteiger partial charge in [-0.1, -0.05) is 18.2 Å². The van der Waals surface area contributed by atoms with Crippen LogP contribution in [0.4, 0.5) is 22.0 Å². The number of aryl methyl sites for hydroxylation is 1. The maximum Gasteiger partial charge on any atom is 0.586 e. The molecule has 3 aromatic carbocycles. The minimum absolute atomic E-state index is 0.0908. The average Bonchev–Trinajstić information content (AvgIpc) is 3.63. The summed E-state index contributed by atoms with van der Waals surface area (Å²) in [6.45, 7) is 1.69. The summed E-state index contributed by atoms with van der Waals surface area (Å²) < 4.78 is 104.